The summed E-state index contributed by atoms with van der Waals surface area (Å²) in [6, 6.07) is 10.8. The molecule has 2 aromatic carbocycles. The fourth-order valence-corrected chi connectivity index (χ4v) is 3.87. The molecule has 0 aliphatic rings. The summed E-state index contributed by atoms with van der Waals surface area (Å²) in [5, 5.41) is 14.8. The zero-order chi connectivity index (χ0) is 20.3. The summed E-state index contributed by atoms with van der Waals surface area (Å²) in [6.07, 6.45) is 0. The highest BCUT2D eigenvalue weighted by atomic mass is 32.1. The van der Waals surface area contributed by atoms with Crippen molar-refractivity contribution < 1.29 is 14.5 Å². The molecule has 146 valence electrons. The van der Waals surface area contributed by atoms with E-state index in [-0.39, 0.29) is 23.9 Å². The Morgan fingerprint density at radius 2 is 2.11 bits per heavy atom. The van der Waals surface area contributed by atoms with Crippen molar-refractivity contribution in [2.24, 2.45) is 0 Å². The van der Waals surface area contributed by atoms with Gasteiger partial charge in [0.05, 0.1) is 35.3 Å². The van der Waals surface area contributed by atoms with E-state index in [0.29, 0.717) is 17.8 Å². The average Bonchev–Trinajstić information content (AvgIpc) is 3.04. The SMILES string of the molecule is COc1cc(NC(=O)CN(C)Cc2nc3ccccc3s2)c(C)cc1[N+](=O)[O-]. The van der Waals surface area contributed by atoms with Gasteiger partial charge < -0.3 is 10.1 Å². The molecule has 0 atom stereocenters. The Bertz CT molecular complexity index is 1000. The van der Waals surface area contributed by atoms with Gasteiger partial charge in [0, 0.05) is 17.8 Å². The summed E-state index contributed by atoms with van der Waals surface area (Å²) in [6.45, 7) is 2.41. The van der Waals surface area contributed by atoms with Gasteiger partial charge in [0.15, 0.2) is 5.75 Å². The first-order chi connectivity index (χ1) is 13.4. The number of nitrogens with one attached hydrogen (secondary N) is 1. The molecule has 9 heteroatoms. The molecule has 0 fully saturated rings. The zero-order valence-corrected chi connectivity index (χ0v) is 16.6. The van der Waals surface area contributed by atoms with Crippen LogP contribution in [0.5, 0.6) is 5.75 Å². The highest BCUT2D eigenvalue weighted by molar-refractivity contribution is 7.18. The number of amides is 1. The molecule has 1 heterocycles. The molecule has 1 amide bonds. The van der Waals surface area contributed by atoms with Crippen LogP contribution in [-0.2, 0) is 11.3 Å². The Hall–Kier alpha value is -3.04. The van der Waals surface area contributed by atoms with Gasteiger partial charge in [-0.3, -0.25) is 19.8 Å². The van der Waals surface area contributed by atoms with Gasteiger partial charge in [0.2, 0.25) is 5.91 Å². The first-order valence-corrected chi connectivity index (χ1v) is 9.35. The number of thiazole rings is 1. The second kappa shape index (κ2) is 8.32. The minimum Gasteiger partial charge on any atom is -0.490 e. The molecule has 0 unspecified atom stereocenters. The Labute approximate surface area is 165 Å². The van der Waals surface area contributed by atoms with E-state index in [0.717, 1.165) is 15.2 Å². The van der Waals surface area contributed by atoms with Crippen LogP contribution in [0.3, 0.4) is 0 Å². The lowest BCUT2D eigenvalue weighted by Crippen LogP contribution is -2.30. The molecular weight excluding hydrogens is 380 g/mol. The molecular formula is C19H20N4O4S. The Kier molecular flexibility index (Phi) is 5.86. The molecule has 0 spiro atoms. The molecule has 0 aliphatic carbocycles. The molecule has 0 aliphatic heterocycles. The number of aromatic nitrogens is 1. The molecule has 28 heavy (non-hydrogen) atoms. The van der Waals surface area contributed by atoms with Crippen molar-refractivity contribution in [2.45, 2.75) is 13.5 Å². The molecule has 8 nitrogen and oxygen atoms in total. The fraction of sp³-hybridized carbons (Fsp3) is 0.263. The third kappa shape index (κ3) is 4.44. The van der Waals surface area contributed by atoms with Gasteiger partial charge in [-0.15, -0.1) is 11.3 Å². The Balaban J connectivity index is 1.65. The quantitative estimate of drug-likeness (QED) is 0.481. The molecule has 1 aromatic heterocycles. The number of para-hydroxylation sites is 1. The predicted molar refractivity (Wildman–Crippen MR) is 109 cm³/mol. The van der Waals surface area contributed by atoms with Crippen LogP contribution in [0.2, 0.25) is 0 Å². The summed E-state index contributed by atoms with van der Waals surface area (Å²) in [5.41, 5.74) is 1.90. The maximum Gasteiger partial charge on any atom is 0.311 e. The standard InChI is InChI=1S/C19H20N4O4S/c1-12-8-15(23(25)26)16(27-3)9-14(12)20-18(24)10-22(2)11-19-21-13-6-4-5-7-17(13)28-19/h4-9H,10-11H2,1-3H3,(H,20,24). The normalized spacial score (nSPS) is 11.0. The number of aryl methyl sites for hydroxylation is 1. The number of hydrogen-bond acceptors (Lipinski definition) is 7. The highest BCUT2D eigenvalue weighted by Crippen LogP contribution is 2.32. The van der Waals surface area contributed by atoms with E-state index in [1.807, 2.05) is 36.2 Å². The van der Waals surface area contributed by atoms with Crippen LogP contribution in [-0.4, -0.2) is 41.4 Å². The first-order valence-electron chi connectivity index (χ1n) is 8.53. The molecule has 1 N–H and O–H groups in total. The average molecular weight is 400 g/mol. The third-order valence-corrected chi connectivity index (χ3v) is 5.17. The minimum atomic E-state index is -0.511. The van der Waals surface area contributed by atoms with Crippen molar-refractivity contribution in [3.05, 3.63) is 57.1 Å². The number of nitro groups is 1. The van der Waals surface area contributed by atoms with Crippen LogP contribution in [0.25, 0.3) is 10.2 Å². The van der Waals surface area contributed by atoms with Crippen molar-refractivity contribution in [3.8, 4) is 5.75 Å². The van der Waals surface area contributed by atoms with E-state index in [2.05, 4.69) is 10.3 Å². The summed E-state index contributed by atoms with van der Waals surface area (Å²) in [4.78, 5) is 29.4. The van der Waals surface area contributed by atoms with Crippen LogP contribution in [0.4, 0.5) is 11.4 Å². The predicted octanol–water partition coefficient (Wildman–Crippen LogP) is 3.59. The van der Waals surface area contributed by atoms with Gasteiger partial charge in [0.1, 0.15) is 5.01 Å². The van der Waals surface area contributed by atoms with E-state index in [4.69, 9.17) is 4.74 Å². The van der Waals surface area contributed by atoms with Gasteiger partial charge in [-0.05, 0) is 31.7 Å². The third-order valence-electron chi connectivity index (χ3n) is 4.15. The van der Waals surface area contributed by atoms with Crippen molar-refractivity contribution in [1.82, 2.24) is 9.88 Å². The number of benzene rings is 2. The number of fused-ring (bicyclic) bond motifs is 1. The first kappa shape index (κ1) is 19.7. The van der Waals surface area contributed by atoms with E-state index in [9.17, 15) is 14.9 Å². The Morgan fingerprint density at radius 1 is 1.36 bits per heavy atom. The number of ether oxygens (including phenoxy) is 1. The topological polar surface area (TPSA) is 97.6 Å². The van der Waals surface area contributed by atoms with E-state index >= 15 is 0 Å². The Morgan fingerprint density at radius 3 is 2.79 bits per heavy atom. The molecule has 3 aromatic rings. The number of nitro benzene ring substituents is 1. The number of carbonyl (C=O) groups excluding carboxylic acids is 1. The van der Waals surface area contributed by atoms with E-state index < -0.39 is 4.92 Å². The van der Waals surface area contributed by atoms with E-state index in [1.54, 1.807) is 18.3 Å². The molecule has 0 radical (unpaired) electrons. The number of carbonyl (C=O) groups is 1. The van der Waals surface area contributed by atoms with Gasteiger partial charge >= 0.3 is 5.69 Å². The van der Waals surface area contributed by atoms with Crippen molar-refractivity contribution in [1.29, 1.82) is 0 Å². The number of hydrogen-bond donors (Lipinski definition) is 1. The van der Waals surface area contributed by atoms with Gasteiger partial charge in [0.25, 0.3) is 0 Å². The highest BCUT2D eigenvalue weighted by Gasteiger charge is 2.19. The van der Waals surface area contributed by atoms with Crippen LogP contribution in [0.1, 0.15) is 10.6 Å². The van der Waals surface area contributed by atoms with Crippen LogP contribution < -0.4 is 10.1 Å². The smallest absolute Gasteiger partial charge is 0.311 e. The number of likely N-dealkylation sites (N-methyl/N-ethyl adjacent to an activating group) is 1. The lowest BCUT2D eigenvalue weighted by molar-refractivity contribution is -0.385. The number of anilines is 1. The zero-order valence-electron chi connectivity index (χ0n) is 15.8. The lowest BCUT2D eigenvalue weighted by atomic mass is 10.1. The second-order valence-electron chi connectivity index (χ2n) is 6.39. The number of methoxy groups -OCH3 is 1. The molecule has 3 rings (SSSR count). The van der Waals surface area contributed by atoms with E-state index in [1.165, 1.54) is 19.2 Å². The van der Waals surface area contributed by atoms with Crippen LogP contribution in [0, 0.1) is 17.0 Å². The minimum absolute atomic E-state index is 0.105. The van der Waals surface area contributed by atoms with Crippen LogP contribution >= 0.6 is 11.3 Å². The van der Waals surface area contributed by atoms with Gasteiger partial charge in [-0.2, -0.15) is 0 Å². The molecule has 0 bridgehead atoms. The number of rotatable bonds is 7. The monoisotopic (exact) mass is 400 g/mol. The fourth-order valence-electron chi connectivity index (χ4n) is 2.82. The van der Waals surface area contributed by atoms with Crippen molar-refractivity contribution in [3.63, 3.8) is 0 Å². The van der Waals surface area contributed by atoms with Crippen molar-refractivity contribution >= 4 is 38.8 Å². The van der Waals surface area contributed by atoms with Crippen LogP contribution in [0.15, 0.2) is 36.4 Å². The van der Waals surface area contributed by atoms with Crippen molar-refractivity contribution in [2.75, 3.05) is 26.0 Å². The molecule has 0 saturated heterocycles. The second-order valence-corrected chi connectivity index (χ2v) is 7.51. The largest absolute Gasteiger partial charge is 0.490 e. The molecule has 0 saturated carbocycles. The summed E-state index contributed by atoms with van der Waals surface area (Å²) in [5.74, 6) is -0.114. The summed E-state index contributed by atoms with van der Waals surface area (Å²) < 4.78 is 6.18. The van der Waals surface area contributed by atoms with Gasteiger partial charge in [-0.1, -0.05) is 12.1 Å². The maximum atomic E-state index is 12.4. The lowest BCUT2D eigenvalue weighted by Gasteiger charge is -2.16. The van der Waals surface area contributed by atoms with Gasteiger partial charge in [-0.25, -0.2) is 4.98 Å². The summed E-state index contributed by atoms with van der Waals surface area (Å²) in [7, 11) is 3.20. The number of nitrogens with zero attached hydrogens (tertiary/aromatic N) is 3. The summed E-state index contributed by atoms with van der Waals surface area (Å²) >= 11 is 1.60. The maximum absolute atomic E-state index is 12.4.